The van der Waals surface area contributed by atoms with E-state index in [2.05, 4.69) is 60.0 Å². The number of azo groups is 1. The van der Waals surface area contributed by atoms with Gasteiger partial charge < -0.3 is 24.9 Å². The van der Waals surface area contributed by atoms with Crippen molar-refractivity contribution in [3.05, 3.63) is 11.6 Å². The Morgan fingerprint density at radius 1 is 0.785 bits per heavy atom. The molecule has 6 N–H and O–H groups in total. The number of aliphatic carboxylic acids is 1. The largest absolute Gasteiger partial charge is 0.480 e. The summed E-state index contributed by atoms with van der Waals surface area (Å²) in [7, 11) is -8.89. The predicted molar refractivity (Wildman–Crippen MR) is 253 cm³/mol. The zero-order chi connectivity index (χ0) is 52.3. The number of carboxylic acid groups (broad SMARTS) is 1. The van der Waals surface area contributed by atoms with Crippen LogP contribution in [0.4, 0.5) is 0 Å². The van der Waals surface area contributed by atoms with Crippen LogP contribution >= 0.6 is 7.60 Å². The SMILES string of the molecule is C.CC(=O)C(C)(C)C.CC(=O)Cn1nnnc1C(C)(C)C.CC(C)(C)B(O)O.CC(C)(C)P(=O)(O)O.CC(C)(C)S(=O)(=O)O.CC(C)(C)c1nnn(CC(=O)O)n1.CC(C)C1=NCN=N1. The van der Waals surface area contributed by atoms with E-state index in [9.17, 15) is 27.4 Å². The first-order chi connectivity index (χ1) is 28.0. The lowest BCUT2D eigenvalue weighted by molar-refractivity contribution is -0.138. The quantitative estimate of drug-likeness (QED) is 0.110. The smallest absolute Gasteiger partial charge is 0.457 e. The summed E-state index contributed by atoms with van der Waals surface area (Å²) in [6.07, 6.45) is 0. The molecule has 2 aromatic heterocycles. The average molecular weight is 972 g/mol. The standard InChI is InChI=1S/C8H14N4O.C7H12N4O2.C6H12O.C5H9N3.C4H11BO2.C4H11O3P.C4H10O3S.CH4/c1-6(13)5-12-7(8(2,3)4)9-10-11-12;1-7(2,3)6-8-10-11(9-6)4-5(12)13;1-5(7)6(2,3)4;1-4(2)5-6-3-7-8-5;1-4(2,3)5(6)7;2*1-4(2,3)8(5,6)7;/h5H2,1-4H3;4H2,1-3H3,(H,12,13);1-4H3;4H,3H2,1-2H3;6-7H,1-3H3;1-3H3,(H2,5,6,7);1-3H3,(H,5,6,7);1H4. The van der Waals surface area contributed by atoms with Crippen LogP contribution in [0.25, 0.3) is 0 Å². The number of carbonyl (C=O) groups excluding carboxylic acids is 2. The lowest BCUT2D eigenvalue weighted by Gasteiger charge is -2.18. The zero-order valence-corrected chi connectivity index (χ0v) is 43.9. The molecule has 2 aromatic rings. The molecule has 0 unspecified atom stereocenters. The van der Waals surface area contributed by atoms with Gasteiger partial charge >= 0.3 is 20.7 Å². The fourth-order valence-electron chi connectivity index (χ4n) is 2.33. The van der Waals surface area contributed by atoms with Crippen molar-refractivity contribution < 1.29 is 56.9 Å². The molecule has 1 aliphatic heterocycles. The number of tetrazole rings is 2. The monoisotopic (exact) mass is 972 g/mol. The number of carboxylic acids is 1. The first kappa shape index (κ1) is 70.3. The lowest BCUT2D eigenvalue weighted by atomic mass is 9.62. The van der Waals surface area contributed by atoms with Gasteiger partial charge in [-0.15, -0.1) is 20.4 Å². The maximum atomic E-state index is 10.9. The van der Waals surface area contributed by atoms with Gasteiger partial charge in [0.05, 0.1) is 9.90 Å². The maximum Gasteiger partial charge on any atom is 0.457 e. The third-order valence-corrected chi connectivity index (χ3v) is 10.7. The molecule has 0 saturated heterocycles. The molecule has 0 bridgehead atoms. The van der Waals surface area contributed by atoms with Crippen molar-refractivity contribution in [2.45, 2.75) is 199 Å². The van der Waals surface area contributed by atoms with Gasteiger partial charge in [0.25, 0.3) is 10.1 Å². The van der Waals surface area contributed by atoms with Crippen molar-refractivity contribution >= 4 is 48.2 Å². The van der Waals surface area contributed by atoms with Crippen LogP contribution in [0.3, 0.4) is 0 Å². The molecule has 0 saturated carbocycles. The van der Waals surface area contributed by atoms with Gasteiger partial charge in [0.15, 0.2) is 30.6 Å². The van der Waals surface area contributed by atoms with Crippen LogP contribution in [-0.2, 0) is 53.0 Å². The highest BCUT2D eigenvalue weighted by molar-refractivity contribution is 7.87. The molecule has 23 nitrogen and oxygen atoms in total. The third-order valence-electron chi connectivity index (χ3n) is 7.44. The number of rotatable bonds is 5. The van der Waals surface area contributed by atoms with E-state index in [1.165, 1.54) is 48.5 Å². The molecule has 26 heteroatoms. The van der Waals surface area contributed by atoms with Crippen LogP contribution in [-0.4, -0.2) is 125 Å². The number of aliphatic imine (C=N–C) groups is 1. The molecule has 65 heavy (non-hydrogen) atoms. The average Bonchev–Trinajstić information content (AvgIpc) is 3.82. The molecule has 0 radical (unpaired) electrons. The van der Waals surface area contributed by atoms with Gasteiger partial charge in [-0.05, 0) is 76.3 Å². The summed E-state index contributed by atoms with van der Waals surface area (Å²) in [6.45, 7) is 39.5. The lowest BCUT2D eigenvalue weighted by Crippen LogP contribution is -2.26. The number of hydrogen-bond acceptors (Lipinski definition) is 17. The summed E-state index contributed by atoms with van der Waals surface area (Å²) in [5.41, 5.74) is -0.463. The number of hydrogen-bond donors (Lipinski definition) is 6. The van der Waals surface area contributed by atoms with Crippen LogP contribution in [0.2, 0.25) is 5.31 Å². The molecule has 3 heterocycles. The van der Waals surface area contributed by atoms with E-state index in [-0.39, 0.29) is 53.6 Å². The minimum atomic E-state index is -3.85. The second-order valence-electron chi connectivity index (χ2n) is 20.8. The van der Waals surface area contributed by atoms with Crippen molar-refractivity contribution in [2.75, 3.05) is 6.67 Å². The Morgan fingerprint density at radius 3 is 1.38 bits per heavy atom. The van der Waals surface area contributed by atoms with E-state index in [0.29, 0.717) is 18.4 Å². The van der Waals surface area contributed by atoms with Crippen molar-refractivity contribution in [1.29, 1.82) is 0 Å². The van der Waals surface area contributed by atoms with Crippen molar-refractivity contribution in [1.82, 2.24) is 40.4 Å². The van der Waals surface area contributed by atoms with E-state index < -0.39 is 40.7 Å². The summed E-state index contributed by atoms with van der Waals surface area (Å²) in [5.74, 6) is 1.92. The molecule has 0 spiro atoms. The molecule has 0 atom stereocenters. The molecular formula is C39H83BN11O12PS. The van der Waals surface area contributed by atoms with Gasteiger partial charge in [0, 0.05) is 22.2 Å². The summed E-state index contributed by atoms with van der Waals surface area (Å²) in [5, 5.41) is 54.1. The Labute approximate surface area is 388 Å². The molecule has 0 fully saturated rings. The predicted octanol–water partition coefficient (Wildman–Crippen LogP) is 6.23. The van der Waals surface area contributed by atoms with Crippen LogP contribution in [0, 0.1) is 11.3 Å². The van der Waals surface area contributed by atoms with Crippen LogP contribution in [0.5, 0.6) is 0 Å². The number of nitrogens with zero attached hydrogens (tertiary/aromatic N) is 11. The summed E-state index contributed by atoms with van der Waals surface area (Å²) in [6, 6.07) is 0. The minimum Gasteiger partial charge on any atom is -0.480 e. The Kier molecular flexibility index (Phi) is 30.8. The van der Waals surface area contributed by atoms with Crippen LogP contribution < -0.4 is 0 Å². The van der Waals surface area contributed by atoms with Gasteiger partial charge in [-0.1, -0.05) is 104 Å². The van der Waals surface area contributed by atoms with E-state index in [0.717, 1.165) is 16.5 Å². The maximum absolute atomic E-state index is 10.9. The van der Waals surface area contributed by atoms with E-state index in [4.69, 9.17) is 29.5 Å². The molecule has 0 amide bonds. The van der Waals surface area contributed by atoms with Crippen molar-refractivity contribution in [2.24, 2.45) is 26.6 Å². The normalized spacial score (nSPS) is 12.8. The molecule has 0 aliphatic carbocycles. The summed E-state index contributed by atoms with van der Waals surface area (Å²) < 4.78 is 39.6. The van der Waals surface area contributed by atoms with Crippen molar-refractivity contribution in [3.63, 3.8) is 0 Å². The number of aromatic nitrogens is 8. The molecule has 380 valence electrons. The van der Waals surface area contributed by atoms with Gasteiger partial charge in [0.1, 0.15) is 18.2 Å². The minimum absolute atomic E-state index is 0. The van der Waals surface area contributed by atoms with Crippen LogP contribution in [0.15, 0.2) is 15.2 Å². The van der Waals surface area contributed by atoms with E-state index >= 15 is 0 Å². The molecular weight excluding hydrogens is 888 g/mol. The first-order valence-corrected chi connectivity index (χ1v) is 23.1. The summed E-state index contributed by atoms with van der Waals surface area (Å²) >= 11 is 0. The highest BCUT2D eigenvalue weighted by atomic mass is 32.2. The second-order valence-corrected chi connectivity index (χ2v) is 25.4. The topological polar surface area (TPSA) is 348 Å². The van der Waals surface area contributed by atoms with E-state index in [1.807, 2.05) is 62.3 Å². The Morgan fingerprint density at radius 2 is 1.18 bits per heavy atom. The first-order valence-electron chi connectivity index (χ1n) is 20.1. The Bertz CT molecular complexity index is 1940. The molecule has 0 aromatic carbocycles. The van der Waals surface area contributed by atoms with Gasteiger partial charge in [0.2, 0.25) is 0 Å². The number of Topliss-reactive ketones (excluding diaryl/α,β-unsaturated/α-hetero) is 2. The van der Waals surface area contributed by atoms with Crippen molar-refractivity contribution in [3.8, 4) is 0 Å². The van der Waals surface area contributed by atoms with Gasteiger partial charge in [-0.3, -0.25) is 23.5 Å². The van der Waals surface area contributed by atoms with E-state index in [1.54, 1.807) is 32.4 Å². The highest BCUT2D eigenvalue weighted by Gasteiger charge is 2.32. The summed E-state index contributed by atoms with van der Waals surface area (Å²) in [4.78, 5) is 53.7. The third kappa shape index (κ3) is 35.2. The second kappa shape index (κ2) is 28.4. The number of ketones is 2. The highest BCUT2D eigenvalue weighted by Crippen LogP contribution is 2.49. The number of amidine groups is 1. The fourth-order valence-corrected chi connectivity index (χ4v) is 2.33. The molecule has 1 aliphatic rings. The Hall–Kier alpha value is -3.74. The molecule has 3 rings (SSSR count). The number of carbonyl (C=O) groups is 3. The Balaban J connectivity index is -0.000000219. The van der Waals surface area contributed by atoms with Gasteiger partial charge in [-0.2, -0.15) is 18.3 Å². The van der Waals surface area contributed by atoms with Crippen LogP contribution in [0.1, 0.15) is 171 Å². The fraction of sp³-hybridized carbons (Fsp3) is 0.846. The van der Waals surface area contributed by atoms with Gasteiger partial charge in [-0.25, -0.2) is 9.67 Å². The zero-order valence-electron chi connectivity index (χ0n) is 42.2.